The van der Waals surface area contributed by atoms with Crippen LogP contribution in [0.2, 0.25) is 0 Å². The van der Waals surface area contributed by atoms with Crippen molar-refractivity contribution in [2.75, 3.05) is 11.9 Å². The predicted molar refractivity (Wildman–Crippen MR) is 88.2 cm³/mol. The highest BCUT2D eigenvalue weighted by Gasteiger charge is 2.03. The largest absolute Gasteiger partial charge is 0.393 e. The number of para-hydroxylation sites is 1. The van der Waals surface area contributed by atoms with Crippen molar-refractivity contribution in [2.45, 2.75) is 70.8 Å². The molecule has 1 unspecified atom stereocenters. The summed E-state index contributed by atoms with van der Waals surface area (Å²) in [5.74, 6) is 0. The molecule has 2 heteroatoms. The summed E-state index contributed by atoms with van der Waals surface area (Å²) < 4.78 is 0. The lowest BCUT2D eigenvalue weighted by Gasteiger charge is -2.11. The maximum Gasteiger partial charge on any atom is 0.0541 e. The van der Waals surface area contributed by atoms with Crippen molar-refractivity contribution in [1.82, 2.24) is 0 Å². The van der Waals surface area contributed by atoms with E-state index in [1.807, 2.05) is 18.2 Å². The van der Waals surface area contributed by atoms with Gasteiger partial charge in [0.15, 0.2) is 0 Å². The first-order chi connectivity index (χ1) is 9.83. The molecule has 0 saturated carbocycles. The van der Waals surface area contributed by atoms with Crippen LogP contribution in [0.1, 0.15) is 64.7 Å². The van der Waals surface area contributed by atoms with Gasteiger partial charge in [0, 0.05) is 12.2 Å². The van der Waals surface area contributed by atoms with Gasteiger partial charge < -0.3 is 10.4 Å². The van der Waals surface area contributed by atoms with E-state index in [-0.39, 0.29) is 6.10 Å². The second-order valence-electron chi connectivity index (χ2n) is 5.65. The van der Waals surface area contributed by atoms with Crippen molar-refractivity contribution >= 4 is 5.69 Å². The molecule has 1 rings (SSSR count). The van der Waals surface area contributed by atoms with Crippen LogP contribution in [-0.2, 0) is 0 Å². The Kier molecular flexibility index (Phi) is 10.0. The lowest BCUT2D eigenvalue weighted by Crippen LogP contribution is -2.10. The third kappa shape index (κ3) is 8.98. The van der Waals surface area contributed by atoms with E-state index in [2.05, 4.69) is 24.4 Å². The standard InChI is InChI=1S/C18H31NO/c1-2-3-4-5-6-10-14-18(20)15-11-16-19-17-12-8-7-9-13-17/h7-9,12-13,18-20H,2-6,10-11,14-16H2,1H3. The van der Waals surface area contributed by atoms with Gasteiger partial charge >= 0.3 is 0 Å². The van der Waals surface area contributed by atoms with Crippen molar-refractivity contribution in [3.05, 3.63) is 30.3 Å². The lowest BCUT2D eigenvalue weighted by molar-refractivity contribution is 0.149. The number of unbranched alkanes of at least 4 members (excludes halogenated alkanes) is 5. The highest BCUT2D eigenvalue weighted by Crippen LogP contribution is 2.12. The van der Waals surface area contributed by atoms with Crippen molar-refractivity contribution < 1.29 is 5.11 Å². The van der Waals surface area contributed by atoms with E-state index in [0.29, 0.717) is 0 Å². The Morgan fingerprint density at radius 3 is 2.30 bits per heavy atom. The molecule has 2 nitrogen and oxygen atoms in total. The van der Waals surface area contributed by atoms with E-state index in [1.165, 1.54) is 38.5 Å². The van der Waals surface area contributed by atoms with Crippen LogP contribution in [0, 0.1) is 0 Å². The summed E-state index contributed by atoms with van der Waals surface area (Å²) in [6, 6.07) is 10.3. The molecule has 0 bridgehead atoms. The van der Waals surface area contributed by atoms with Gasteiger partial charge in [-0.1, -0.05) is 63.6 Å². The molecule has 0 aliphatic carbocycles. The van der Waals surface area contributed by atoms with Gasteiger partial charge in [0.25, 0.3) is 0 Å². The van der Waals surface area contributed by atoms with Crippen molar-refractivity contribution in [2.24, 2.45) is 0 Å². The summed E-state index contributed by atoms with van der Waals surface area (Å²) in [4.78, 5) is 0. The highest BCUT2D eigenvalue weighted by molar-refractivity contribution is 5.42. The second kappa shape index (κ2) is 11.8. The normalized spacial score (nSPS) is 12.3. The fourth-order valence-corrected chi connectivity index (χ4v) is 2.43. The summed E-state index contributed by atoms with van der Waals surface area (Å²) >= 11 is 0. The van der Waals surface area contributed by atoms with Crippen LogP contribution in [0.15, 0.2) is 30.3 Å². The molecule has 1 aromatic carbocycles. The van der Waals surface area contributed by atoms with Gasteiger partial charge in [-0.25, -0.2) is 0 Å². The number of aliphatic hydroxyl groups is 1. The number of rotatable bonds is 12. The fourth-order valence-electron chi connectivity index (χ4n) is 2.43. The van der Waals surface area contributed by atoms with Crippen LogP contribution in [0.5, 0.6) is 0 Å². The maximum absolute atomic E-state index is 9.92. The van der Waals surface area contributed by atoms with E-state index in [4.69, 9.17) is 0 Å². The van der Waals surface area contributed by atoms with Gasteiger partial charge in [-0.05, 0) is 31.4 Å². The Bertz CT molecular complexity index is 312. The third-order valence-corrected chi connectivity index (χ3v) is 3.71. The SMILES string of the molecule is CCCCCCCCC(O)CCCNc1ccccc1. The third-order valence-electron chi connectivity index (χ3n) is 3.71. The molecule has 0 aliphatic rings. The van der Waals surface area contributed by atoms with Gasteiger partial charge in [-0.2, -0.15) is 0 Å². The Labute approximate surface area is 124 Å². The van der Waals surface area contributed by atoms with Crippen LogP contribution >= 0.6 is 0 Å². The second-order valence-corrected chi connectivity index (χ2v) is 5.65. The zero-order valence-corrected chi connectivity index (χ0v) is 13.0. The first-order valence-corrected chi connectivity index (χ1v) is 8.30. The molecule has 1 atom stereocenters. The van der Waals surface area contributed by atoms with Gasteiger partial charge in [0.05, 0.1) is 6.10 Å². The van der Waals surface area contributed by atoms with E-state index < -0.39 is 0 Å². The van der Waals surface area contributed by atoms with E-state index >= 15 is 0 Å². The number of hydrogen-bond acceptors (Lipinski definition) is 2. The number of aliphatic hydroxyl groups excluding tert-OH is 1. The van der Waals surface area contributed by atoms with Gasteiger partial charge in [0.2, 0.25) is 0 Å². The Balaban J connectivity index is 1.91. The molecule has 20 heavy (non-hydrogen) atoms. The molecule has 114 valence electrons. The quantitative estimate of drug-likeness (QED) is 0.527. The van der Waals surface area contributed by atoms with Crippen molar-refractivity contribution in [1.29, 1.82) is 0 Å². The molecule has 0 spiro atoms. The van der Waals surface area contributed by atoms with Gasteiger partial charge in [0.1, 0.15) is 0 Å². The summed E-state index contributed by atoms with van der Waals surface area (Å²) in [6.07, 6.45) is 10.6. The number of hydrogen-bond donors (Lipinski definition) is 2. The molecule has 1 aromatic rings. The summed E-state index contributed by atoms with van der Waals surface area (Å²) in [5, 5.41) is 13.3. The van der Waals surface area contributed by atoms with Crippen molar-refractivity contribution in [3.63, 3.8) is 0 Å². The summed E-state index contributed by atoms with van der Waals surface area (Å²) in [5.41, 5.74) is 1.16. The van der Waals surface area contributed by atoms with Crippen molar-refractivity contribution in [3.8, 4) is 0 Å². The number of benzene rings is 1. The highest BCUT2D eigenvalue weighted by atomic mass is 16.3. The molecular formula is C18H31NO. The summed E-state index contributed by atoms with van der Waals surface area (Å²) in [6.45, 7) is 3.19. The molecule has 0 fully saturated rings. The van der Waals surface area contributed by atoms with Gasteiger partial charge in [-0.15, -0.1) is 0 Å². The zero-order valence-electron chi connectivity index (χ0n) is 13.0. The fraction of sp³-hybridized carbons (Fsp3) is 0.667. The lowest BCUT2D eigenvalue weighted by atomic mass is 10.0. The molecule has 0 saturated heterocycles. The topological polar surface area (TPSA) is 32.3 Å². The molecule has 0 radical (unpaired) electrons. The van der Waals surface area contributed by atoms with Crippen LogP contribution in [0.4, 0.5) is 5.69 Å². The molecule has 0 heterocycles. The average molecular weight is 277 g/mol. The van der Waals surface area contributed by atoms with Crippen LogP contribution in [0.3, 0.4) is 0 Å². The monoisotopic (exact) mass is 277 g/mol. The predicted octanol–water partition coefficient (Wildman–Crippen LogP) is 4.99. The van der Waals surface area contributed by atoms with E-state index in [0.717, 1.165) is 31.5 Å². The van der Waals surface area contributed by atoms with Gasteiger partial charge in [-0.3, -0.25) is 0 Å². The number of nitrogens with one attached hydrogen (secondary N) is 1. The Morgan fingerprint density at radius 1 is 0.900 bits per heavy atom. The molecule has 0 aliphatic heterocycles. The Morgan fingerprint density at radius 2 is 1.55 bits per heavy atom. The minimum Gasteiger partial charge on any atom is -0.393 e. The number of anilines is 1. The van der Waals surface area contributed by atoms with E-state index in [9.17, 15) is 5.11 Å². The molecule has 0 aromatic heterocycles. The first kappa shape index (κ1) is 17.0. The molecule has 2 N–H and O–H groups in total. The zero-order chi connectivity index (χ0) is 14.5. The van der Waals surface area contributed by atoms with Crippen LogP contribution in [0.25, 0.3) is 0 Å². The maximum atomic E-state index is 9.92. The molecule has 0 amide bonds. The first-order valence-electron chi connectivity index (χ1n) is 8.30. The minimum atomic E-state index is -0.112. The minimum absolute atomic E-state index is 0.112. The van der Waals surface area contributed by atoms with E-state index in [1.54, 1.807) is 0 Å². The van der Waals surface area contributed by atoms with Crippen LogP contribution < -0.4 is 5.32 Å². The smallest absolute Gasteiger partial charge is 0.0541 e. The average Bonchev–Trinajstić information content (AvgIpc) is 2.48. The summed E-state index contributed by atoms with van der Waals surface area (Å²) in [7, 11) is 0. The molecular weight excluding hydrogens is 246 g/mol. The van der Waals surface area contributed by atoms with Crippen LogP contribution in [-0.4, -0.2) is 17.8 Å². The Hall–Kier alpha value is -1.02.